The van der Waals surface area contributed by atoms with Gasteiger partial charge in [0.15, 0.2) is 0 Å². The van der Waals surface area contributed by atoms with E-state index < -0.39 is 0 Å². The number of carbonyl (C=O) groups excluding carboxylic acids is 3. The molecule has 3 aliphatic rings. The Bertz CT molecular complexity index is 1070. The molecule has 1 aromatic heterocycles. The molecule has 160 valence electrons. The summed E-state index contributed by atoms with van der Waals surface area (Å²) in [5.41, 5.74) is 4.82. The summed E-state index contributed by atoms with van der Waals surface area (Å²) >= 11 is 1.02. The second kappa shape index (κ2) is 8.33. The van der Waals surface area contributed by atoms with Gasteiger partial charge in [-0.05, 0) is 35.9 Å². The summed E-state index contributed by atoms with van der Waals surface area (Å²) in [5.74, 6) is -0.158. The van der Waals surface area contributed by atoms with E-state index in [4.69, 9.17) is 4.74 Å². The van der Waals surface area contributed by atoms with E-state index in [0.717, 1.165) is 72.8 Å². The highest BCUT2D eigenvalue weighted by Crippen LogP contribution is 2.34. The van der Waals surface area contributed by atoms with Crippen molar-refractivity contribution in [3.05, 3.63) is 52.8 Å². The first-order chi connectivity index (χ1) is 15.1. The van der Waals surface area contributed by atoms with E-state index in [9.17, 15) is 14.4 Å². The van der Waals surface area contributed by atoms with Gasteiger partial charge in [0, 0.05) is 42.3 Å². The molecular formula is C22H22N4O4S. The fraction of sp³-hybridized carbons (Fsp3) is 0.318. The van der Waals surface area contributed by atoms with Crippen molar-refractivity contribution in [2.75, 3.05) is 37.4 Å². The third-order valence-electron chi connectivity index (χ3n) is 5.61. The number of rotatable bonds is 5. The third-order valence-corrected chi connectivity index (χ3v) is 6.47. The Morgan fingerprint density at radius 1 is 1.06 bits per heavy atom. The van der Waals surface area contributed by atoms with Crippen LogP contribution in [-0.4, -0.2) is 63.9 Å². The molecule has 2 fully saturated rings. The molecule has 0 aliphatic carbocycles. The van der Waals surface area contributed by atoms with Crippen LogP contribution in [0.3, 0.4) is 0 Å². The van der Waals surface area contributed by atoms with Gasteiger partial charge in [-0.1, -0.05) is 17.8 Å². The van der Waals surface area contributed by atoms with Crippen LogP contribution in [0.25, 0.3) is 11.6 Å². The number of morpholine rings is 1. The number of ether oxygens (including phenoxy) is 1. The van der Waals surface area contributed by atoms with Gasteiger partial charge in [0.2, 0.25) is 5.91 Å². The maximum absolute atomic E-state index is 12.6. The zero-order valence-corrected chi connectivity index (χ0v) is 17.7. The van der Waals surface area contributed by atoms with Crippen molar-refractivity contribution in [3.63, 3.8) is 0 Å². The van der Waals surface area contributed by atoms with Crippen LogP contribution in [0.1, 0.15) is 22.5 Å². The zero-order valence-electron chi connectivity index (χ0n) is 16.8. The molecule has 0 unspecified atom stereocenters. The lowest BCUT2D eigenvalue weighted by Crippen LogP contribution is -2.35. The molecule has 4 heterocycles. The quantitative estimate of drug-likeness (QED) is 0.697. The van der Waals surface area contributed by atoms with E-state index in [0.29, 0.717) is 5.57 Å². The summed E-state index contributed by atoms with van der Waals surface area (Å²) < 4.78 is 5.39. The molecule has 3 aliphatic heterocycles. The van der Waals surface area contributed by atoms with Crippen LogP contribution < -0.4 is 5.32 Å². The van der Waals surface area contributed by atoms with Crippen molar-refractivity contribution >= 4 is 46.2 Å². The number of imide groups is 1. The van der Waals surface area contributed by atoms with Gasteiger partial charge >= 0.3 is 0 Å². The molecule has 31 heavy (non-hydrogen) atoms. The minimum atomic E-state index is -0.227. The molecule has 1 aromatic carbocycles. The minimum absolute atomic E-state index is 0.166. The van der Waals surface area contributed by atoms with Gasteiger partial charge in [0.1, 0.15) is 0 Å². The molecule has 8 nitrogen and oxygen atoms in total. The van der Waals surface area contributed by atoms with E-state index in [1.807, 2.05) is 36.4 Å². The SMILES string of the molecule is O=C1Nc2ccc(CN3C(=O)CSC3=O)cc2C1=Cc1ccc(CN2CCOCC2)[nH]1. The molecule has 0 radical (unpaired) electrons. The molecule has 2 aromatic rings. The number of hydrogen-bond donors (Lipinski definition) is 2. The fourth-order valence-electron chi connectivity index (χ4n) is 3.98. The number of thioether (sulfide) groups is 1. The van der Waals surface area contributed by atoms with Crippen LogP contribution in [-0.2, 0) is 27.4 Å². The van der Waals surface area contributed by atoms with Crippen LogP contribution >= 0.6 is 11.8 Å². The Morgan fingerprint density at radius 2 is 1.90 bits per heavy atom. The largest absolute Gasteiger partial charge is 0.379 e. The standard InChI is InChI=1S/C22H22N4O4S/c27-20-13-31-22(29)26(20)11-14-1-4-19-17(9-14)18(21(28)24-19)10-15-2-3-16(23-15)12-25-5-7-30-8-6-25/h1-4,9-10,23H,5-8,11-13H2,(H,24,28). The summed E-state index contributed by atoms with van der Waals surface area (Å²) in [7, 11) is 0. The predicted octanol–water partition coefficient (Wildman–Crippen LogP) is 2.54. The Balaban J connectivity index is 1.36. The van der Waals surface area contributed by atoms with Gasteiger partial charge in [0.25, 0.3) is 11.1 Å². The van der Waals surface area contributed by atoms with Crippen molar-refractivity contribution in [1.82, 2.24) is 14.8 Å². The predicted molar refractivity (Wildman–Crippen MR) is 118 cm³/mol. The van der Waals surface area contributed by atoms with Gasteiger partial charge in [-0.25, -0.2) is 0 Å². The lowest BCUT2D eigenvalue weighted by atomic mass is 10.0. The Hall–Kier alpha value is -2.88. The minimum Gasteiger partial charge on any atom is -0.379 e. The monoisotopic (exact) mass is 438 g/mol. The maximum atomic E-state index is 12.6. The summed E-state index contributed by atoms with van der Waals surface area (Å²) in [4.78, 5) is 43.4. The first kappa shape index (κ1) is 20.0. The summed E-state index contributed by atoms with van der Waals surface area (Å²) in [6.07, 6.45) is 1.84. The third kappa shape index (κ3) is 4.16. The van der Waals surface area contributed by atoms with Gasteiger partial charge in [-0.15, -0.1) is 0 Å². The fourth-order valence-corrected chi connectivity index (χ4v) is 4.71. The van der Waals surface area contributed by atoms with Crippen LogP contribution in [0, 0.1) is 0 Å². The highest BCUT2D eigenvalue weighted by Gasteiger charge is 2.31. The highest BCUT2D eigenvalue weighted by atomic mass is 32.2. The normalized spacial score (nSPS) is 20.6. The number of benzene rings is 1. The number of amides is 3. The smallest absolute Gasteiger partial charge is 0.289 e. The van der Waals surface area contributed by atoms with Gasteiger partial charge < -0.3 is 15.0 Å². The first-order valence-corrected chi connectivity index (χ1v) is 11.2. The Labute approximate surface area is 183 Å². The summed E-state index contributed by atoms with van der Waals surface area (Å²) in [6.45, 7) is 4.36. The Kier molecular flexibility index (Phi) is 5.39. The maximum Gasteiger partial charge on any atom is 0.289 e. The molecule has 0 bridgehead atoms. The van der Waals surface area contributed by atoms with Crippen molar-refractivity contribution < 1.29 is 19.1 Å². The zero-order chi connectivity index (χ0) is 21.4. The number of fused-ring (bicyclic) bond motifs is 1. The lowest BCUT2D eigenvalue weighted by molar-refractivity contribution is -0.125. The van der Waals surface area contributed by atoms with E-state index in [1.165, 1.54) is 4.90 Å². The van der Waals surface area contributed by atoms with Crippen molar-refractivity contribution in [2.24, 2.45) is 0 Å². The number of H-pyrrole nitrogens is 1. The highest BCUT2D eigenvalue weighted by molar-refractivity contribution is 8.14. The van der Waals surface area contributed by atoms with Crippen LogP contribution in [0.15, 0.2) is 30.3 Å². The Morgan fingerprint density at radius 3 is 2.68 bits per heavy atom. The molecule has 5 rings (SSSR count). The number of hydrogen-bond acceptors (Lipinski definition) is 6. The second-order valence-corrected chi connectivity index (χ2v) is 8.68. The topological polar surface area (TPSA) is 94.7 Å². The molecule has 2 saturated heterocycles. The van der Waals surface area contributed by atoms with E-state index in [2.05, 4.69) is 15.2 Å². The van der Waals surface area contributed by atoms with Gasteiger partial charge in [-0.3, -0.25) is 24.2 Å². The molecule has 0 saturated carbocycles. The molecular weight excluding hydrogens is 416 g/mol. The van der Waals surface area contributed by atoms with E-state index in [-0.39, 0.29) is 29.4 Å². The van der Waals surface area contributed by atoms with Crippen LogP contribution in [0.2, 0.25) is 0 Å². The van der Waals surface area contributed by atoms with Gasteiger partial charge in [0.05, 0.1) is 31.1 Å². The van der Waals surface area contributed by atoms with Crippen molar-refractivity contribution in [2.45, 2.75) is 13.1 Å². The van der Waals surface area contributed by atoms with E-state index in [1.54, 1.807) is 0 Å². The molecule has 3 amide bonds. The summed E-state index contributed by atoms with van der Waals surface area (Å²) in [5, 5.41) is 2.66. The number of nitrogens with zero attached hydrogens (tertiary/aromatic N) is 2. The van der Waals surface area contributed by atoms with Crippen LogP contribution in [0.5, 0.6) is 0 Å². The number of nitrogens with one attached hydrogen (secondary N) is 2. The average molecular weight is 439 g/mol. The molecule has 0 atom stereocenters. The molecule has 9 heteroatoms. The second-order valence-electron chi connectivity index (χ2n) is 7.75. The van der Waals surface area contributed by atoms with Crippen LogP contribution in [0.4, 0.5) is 10.5 Å². The average Bonchev–Trinajstić information content (AvgIpc) is 3.43. The van der Waals surface area contributed by atoms with Crippen molar-refractivity contribution in [3.8, 4) is 0 Å². The number of anilines is 1. The number of aromatic amines is 1. The first-order valence-electron chi connectivity index (χ1n) is 10.2. The number of aromatic nitrogens is 1. The molecule has 0 spiro atoms. The van der Waals surface area contributed by atoms with Gasteiger partial charge in [-0.2, -0.15) is 0 Å². The van der Waals surface area contributed by atoms with E-state index >= 15 is 0 Å². The lowest BCUT2D eigenvalue weighted by Gasteiger charge is -2.25. The summed E-state index contributed by atoms with van der Waals surface area (Å²) in [6, 6.07) is 9.53. The number of carbonyl (C=O) groups is 3. The molecule has 2 N–H and O–H groups in total. The van der Waals surface area contributed by atoms with Crippen molar-refractivity contribution in [1.29, 1.82) is 0 Å².